The Morgan fingerprint density at radius 2 is 1.95 bits per heavy atom. The SMILES string of the molecule is COc1ccc(N)c(NC(=O)CC2CCCCCC2)c1.Cl. The Morgan fingerprint density at radius 3 is 2.57 bits per heavy atom. The van der Waals surface area contributed by atoms with Gasteiger partial charge in [-0.1, -0.05) is 25.7 Å². The number of methoxy groups -OCH3 is 1. The Balaban J connectivity index is 0.00000220. The summed E-state index contributed by atoms with van der Waals surface area (Å²) in [4.78, 5) is 12.1. The van der Waals surface area contributed by atoms with Crippen LogP contribution in [0, 0.1) is 5.92 Å². The molecule has 1 aromatic rings. The molecule has 5 heteroatoms. The van der Waals surface area contributed by atoms with Crippen LogP contribution in [-0.4, -0.2) is 13.0 Å². The molecule has 0 saturated heterocycles. The van der Waals surface area contributed by atoms with E-state index in [1.165, 1.54) is 38.5 Å². The van der Waals surface area contributed by atoms with Crippen molar-refractivity contribution in [2.45, 2.75) is 44.9 Å². The summed E-state index contributed by atoms with van der Waals surface area (Å²) in [5.41, 5.74) is 7.09. The lowest BCUT2D eigenvalue weighted by atomic mass is 9.96. The molecule has 2 rings (SSSR count). The average Bonchev–Trinajstić information content (AvgIpc) is 2.70. The lowest BCUT2D eigenvalue weighted by Gasteiger charge is -2.15. The number of nitrogens with one attached hydrogen (secondary N) is 1. The maximum atomic E-state index is 12.1. The summed E-state index contributed by atoms with van der Waals surface area (Å²) in [6.07, 6.45) is 8.04. The average molecular weight is 313 g/mol. The van der Waals surface area contributed by atoms with E-state index < -0.39 is 0 Å². The van der Waals surface area contributed by atoms with Gasteiger partial charge in [0.15, 0.2) is 0 Å². The van der Waals surface area contributed by atoms with Crippen molar-refractivity contribution in [2.24, 2.45) is 5.92 Å². The molecule has 0 spiro atoms. The van der Waals surface area contributed by atoms with Crippen molar-refractivity contribution in [3.05, 3.63) is 18.2 Å². The molecule has 1 aliphatic carbocycles. The van der Waals surface area contributed by atoms with Crippen LogP contribution in [0.3, 0.4) is 0 Å². The zero-order valence-electron chi connectivity index (χ0n) is 12.6. The predicted octanol–water partition coefficient (Wildman–Crippen LogP) is 4.00. The van der Waals surface area contributed by atoms with Gasteiger partial charge < -0.3 is 15.8 Å². The summed E-state index contributed by atoms with van der Waals surface area (Å²) in [5.74, 6) is 1.27. The number of nitrogens with two attached hydrogens (primary N) is 1. The molecule has 1 amide bonds. The zero-order chi connectivity index (χ0) is 14.4. The third-order valence-corrected chi connectivity index (χ3v) is 3.98. The van der Waals surface area contributed by atoms with Crippen molar-refractivity contribution in [1.29, 1.82) is 0 Å². The van der Waals surface area contributed by atoms with Crippen molar-refractivity contribution in [1.82, 2.24) is 0 Å². The van der Waals surface area contributed by atoms with Gasteiger partial charge >= 0.3 is 0 Å². The normalized spacial score (nSPS) is 15.7. The van der Waals surface area contributed by atoms with Crippen LogP contribution in [0.25, 0.3) is 0 Å². The fourth-order valence-corrected chi connectivity index (χ4v) is 2.80. The Hall–Kier alpha value is -1.42. The van der Waals surface area contributed by atoms with Crippen LogP contribution in [0.15, 0.2) is 18.2 Å². The standard InChI is InChI=1S/C16H24N2O2.ClH/c1-20-13-8-9-14(17)15(11-13)18-16(19)10-12-6-4-2-3-5-7-12;/h8-9,11-12H,2-7,10,17H2,1H3,(H,18,19);1H. The number of halogens is 1. The van der Waals surface area contributed by atoms with Gasteiger partial charge in [0.05, 0.1) is 18.5 Å². The van der Waals surface area contributed by atoms with Crippen LogP contribution in [-0.2, 0) is 4.79 Å². The van der Waals surface area contributed by atoms with Crippen molar-refractivity contribution < 1.29 is 9.53 Å². The summed E-state index contributed by atoms with van der Waals surface area (Å²) >= 11 is 0. The number of benzene rings is 1. The summed E-state index contributed by atoms with van der Waals surface area (Å²) in [6.45, 7) is 0. The summed E-state index contributed by atoms with van der Waals surface area (Å²) in [7, 11) is 1.60. The van der Waals surface area contributed by atoms with E-state index in [0.717, 1.165) is 0 Å². The fraction of sp³-hybridized carbons (Fsp3) is 0.562. The van der Waals surface area contributed by atoms with E-state index >= 15 is 0 Å². The number of carbonyl (C=O) groups excluding carboxylic acids is 1. The first kappa shape index (κ1) is 17.6. The molecular formula is C16H25ClN2O2. The number of amides is 1. The van der Waals surface area contributed by atoms with Crippen LogP contribution in [0.5, 0.6) is 5.75 Å². The Kier molecular flexibility index (Phi) is 7.37. The van der Waals surface area contributed by atoms with Crippen molar-refractivity contribution in [3.8, 4) is 5.75 Å². The number of hydrogen-bond acceptors (Lipinski definition) is 3. The quantitative estimate of drug-likeness (QED) is 0.652. The maximum absolute atomic E-state index is 12.1. The smallest absolute Gasteiger partial charge is 0.224 e. The van der Waals surface area contributed by atoms with Gasteiger partial charge in [-0.3, -0.25) is 4.79 Å². The van der Waals surface area contributed by atoms with Crippen LogP contribution in [0.4, 0.5) is 11.4 Å². The number of ether oxygens (including phenoxy) is 1. The Morgan fingerprint density at radius 1 is 1.29 bits per heavy atom. The molecule has 118 valence electrons. The van der Waals surface area contributed by atoms with E-state index in [4.69, 9.17) is 10.5 Å². The third kappa shape index (κ3) is 5.46. The van der Waals surface area contributed by atoms with Crippen LogP contribution in [0.1, 0.15) is 44.9 Å². The van der Waals surface area contributed by atoms with Crippen molar-refractivity contribution in [2.75, 3.05) is 18.2 Å². The van der Waals surface area contributed by atoms with Gasteiger partial charge in [-0.25, -0.2) is 0 Å². The van der Waals surface area contributed by atoms with E-state index in [1.807, 2.05) is 0 Å². The summed E-state index contributed by atoms with van der Waals surface area (Å²) < 4.78 is 5.15. The molecule has 0 aromatic heterocycles. The van der Waals surface area contributed by atoms with E-state index in [2.05, 4.69) is 5.32 Å². The second-order valence-corrected chi connectivity index (χ2v) is 5.56. The predicted molar refractivity (Wildman–Crippen MR) is 89.1 cm³/mol. The first-order valence-electron chi connectivity index (χ1n) is 7.42. The maximum Gasteiger partial charge on any atom is 0.224 e. The van der Waals surface area contributed by atoms with Crippen LogP contribution < -0.4 is 15.8 Å². The number of rotatable bonds is 4. The lowest BCUT2D eigenvalue weighted by Crippen LogP contribution is -2.17. The summed E-state index contributed by atoms with van der Waals surface area (Å²) in [6, 6.07) is 5.30. The van der Waals surface area contributed by atoms with E-state index in [-0.39, 0.29) is 18.3 Å². The molecule has 0 atom stereocenters. The molecule has 21 heavy (non-hydrogen) atoms. The van der Waals surface area contributed by atoms with Gasteiger partial charge in [-0.2, -0.15) is 0 Å². The molecule has 0 bridgehead atoms. The van der Waals surface area contributed by atoms with Gasteiger partial charge in [0, 0.05) is 12.5 Å². The van der Waals surface area contributed by atoms with Crippen molar-refractivity contribution >= 4 is 29.7 Å². The van der Waals surface area contributed by atoms with Gasteiger partial charge in [0.25, 0.3) is 0 Å². The molecule has 0 heterocycles. The third-order valence-electron chi connectivity index (χ3n) is 3.98. The second-order valence-electron chi connectivity index (χ2n) is 5.56. The van der Waals surface area contributed by atoms with Crippen LogP contribution in [0.2, 0.25) is 0 Å². The fourth-order valence-electron chi connectivity index (χ4n) is 2.80. The molecule has 1 fully saturated rings. The minimum absolute atomic E-state index is 0. The topological polar surface area (TPSA) is 64.3 Å². The second kappa shape index (κ2) is 8.78. The number of carbonyl (C=O) groups is 1. The zero-order valence-corrected chi connectivity index (χ0v) is 13.4. The Bertz CT molecular complexity index is 458. The largest absolute Gasteiger partial charge is 0.497 e. The van der Waals surface area contributed by atoms with Gasteiger partial charge in [0.2, 0.25) is 5.91 Å². The highest BCUT2D eigenvalue weighted by Gasteiger charge is 2.16. The molecular weight excluding hydrogens is 288 g/mol. The summed E-state index contributed by atoms with van der Waals surface area (Å²) in [5, 5.41) is 2.91. The minimum Gasteiger partial charge on any atom is -0.497 e. The van der Waals surface area contributed by atoms with E-state index in [9.17, 15) is 4.79 Å². The van der Waals surface area contributed by atoms with Gasteiger partial charge in [-0.15, -0.1) is 12.4 Å². The van der Waals surface area contributed by atoms with Gasteiger partial charge in [0.1, 0.15) is 5.75 Å². The molecule has 1 aliphatic rings. The molecule has 1 aromatic carbocycles. The monoisotopic (exact) mass is 312 g/mol. The van der Waals surface area contributed by atoms with Crippen LogP contribution >= 0.6 is 12.4 Å². The first-order chi connectivity index (χ1) is 9.69. The molecule has 0 aliphatic heterocycles. The highest BCUT2D eigenvalue weighted by Crippen LogP contribution is 2.28. The minimum atomic E-state index is 0. The molecule has 1 saturated carbocycles. The van der Waals surface area contributed by atoms with Crippen molar-refractivity contribution in [3.63, 3.8) is 0 Å². The number of anilines is 2. The van der Waals surface area contributed by atoms with E-state index in [1.54, 1.807) is 25.3 Å². The van der Waals surface area contributed by atoms with E-state index in [0.29, 0.717) is 29.5 Å². The Labute approximate surface area is 132 Å². The lowest BCUT2D eigenvalue weighted by molar-refractivity contribution is -0.117. The number of nitrogen functional groups attached to an aromatic ring is 1. The number of hydrogen-bond donors (Lipinski definition) is 2. The molecule has 3 N–H and O–H groups in total. The molecule has 0 unspecified atom stereocenters. The highest BCUT2D eigenvalue weighted by atomic mass is 35.5. The molecule has 4 nitrogen and oxygen atoms in total. The molecule has 0 radical (unpaired) electrons. The van der Waals surface area contributed by atoms with Gasteiger partial charge in [-0.05, 0) is 30.9 Å². The first-order valence-corrected chi connectivity index (χ1v) is 7.42. The highest BCUT2D eigenvalue weighted by molar-refractivity contribution is 5.94.